The zero-order valence-corrected chi connectivity index (χ0v) is 16.2. The average molecular weight is 484 g/mol. The van der Waals surface area contributed by atoms with E-state index >= 15 is 0 Å². The number of halogens is 3. The van der Waals surface area contributed by atoms with Crippen molar-refractivity contribution in [1.29, 1.82) is 0 Å². The molecule has 2 saturated heterocycles. The molecule has 2 N–H and O–H groups in total. The summed E-state index contributed by atoms with van der Waals surface area (Å²) in [5.41, 5.74) is 0.878. The van der Waals surface area contributed by atoms with Crippen LogP contribution in [0.25, 0.3) is 0 Å². The fourth-order valence-corrected chi connectivity index (χ4v) is 3.24. The summed E-state index contributed by atoms with van der Waals surface area (Å²) in [4.78, 5) is 4.23. The summed E-state index contributed by atoms with van der Waals surface area (Å²) >= 11 is 3.15. The number of fused-ring (bicyclic) bond motifs is 2. The Morgan fingerprint density at radius 1 is 1.45 bits per heavy atom. The molecular weight excluding hydrogens is 464 g/mol. The van der Waals surface area contributed by atoms with E-state index in [0.29, 0.717) is 29.3 Å². The number of hydrogen-bond acceptors (Lipinski definition) is 2. The molecule has 2 aliphatic heterocycles. The number of guanidine groups is 1. The Morgan fingerprint density at radius 2 is 2.27 bits per heavy atom. The lowest BCUT2D eigenvalue weighted by molar-refractivity contribution is 0.0992. The minimum atomic E-state index is -0.251. The standard InChI is InChI=1S/C15H19BrFN3O.HI/c1-18-15(20-13-7-10-3-5-14(13)21-10)19-8-9-2-4-11(16)12(17)6-9;/h2,4,6,10,13-14H,3,5,7-8H2,1H3,(H2,18,19,20);1H. The highest BCUT2D eigenvalue weighted by molar-refractivity contribution is 14.0. The fourth-order valence-electron chi connectivity index (χ4n) is 3.00. The van der Waals surface area contributed by atoms with Gasteiger partial charge < -0.3 is 15.4 Å². The van der Waals surface area contributed by atoms with E-state index in [2.05, 4.69) is 31.6 Å². The molecular formula is C15H20BrFIN3O. The lowest BCUT2D eigenvalue weighted by atomic mass is 9.96. The smallest absolute Gasteiger partial charge is 0.191 e. The van der Waals surface area contributed by atoms with Gasteiger partial charge in [-0.3, -0.25) is 4.99 Å². The fraction of sp³-hybridized carbons (Fsp3) is 0.533. The van der Waals surface area contributed by atoms with E-state index in [-0.39, 0.29) is 29.8 Å². The van der Waals surface area contributed by atoms with Crippen molar-refractivity contribution in [2.24, 2.45) is 4.99 Å². The third-order valence-corrected chi connectivity index (χ3v) is 4.74. The molecule has 7 heteroatoms. The van der Waals surface area contributed by atoms with Crippen molar-refractivity contribution in [2.75, 3.05) is 7.05 Å². The average Bonchev–Trinajstić information content (AvgIpc) is 3.09. The molecule has 2 fully saturated rings. The second kappa shape index (κ2) is 7.92. The molecule has 0 aliphatic carbocycles. The van der Waals surface area contributed by atoms with Gasteiger partial charge in [0.05, 0.1) is 22.7 Å². The van der Waals surface area contributed by atoms with Crippen LogP contribution < -0.4 is 10.6 Å². The Morgan fingerprint density at radius 3 is 2.86 bits per heavy atom. The molecule has 3 rings (SSSR count). The van der Waals surface area contributed by atoms with Gasteiger partial charge in [0, 0.05) is 13.6 Å². The number of hydrogen-bond donors (Lipinski definition) is 2. The first-order valence-electron chi connectivity index (χ1n) is 7.22. The summed E-state index contributed by atoms with van der Waals surface area (Å²) in [7, 11) is 1.74. The highest BCUT2D eigenvalue weighted by Crippen LogP contribution is 2.34. The van der Waals surface area contributed by atoms with Gasteiger partial charge in [-0.05, 0) is 52.9 Å². The molecule has 4 nitrogen and oxygen atoms in total. The van der Waals surface area contributed by atoms with Crippen LogP contribution in [0.1, 0.15) is 24.8 Å². The van der Waals surface area contributed by atoms with Crippen molar-refractivity contribution in [3.05, 3.63) is 34.1 Å². The number of aliphatic imine (C=N–C) groups is 1. The lowest BCUT2D eigenvalue weighted by Gasteiger charge is -2.22. The third kappa shape index (κ3) is 4.11. The van der Waals surface area contributed by atoms with Gasteiger partial charge in [-0.2, -0.15) is 0 Å². The van der Waals surface area contributed by atoms with Crippen LogP contribution in [0.15, 0.2) is 27.7 Å². The Bertz CT molecular complexity index is 558. The highest BCUT2D eigenvalue weighted by Gasteiger charge is 2.41. The predicted molar refractivity (Wildman–Crippen MR) is 99.1 cm³/mol. The molecule has 1 aromatic rings. The van der Waals surface area contributed by atoms with Gasteiger partial charge in [-0.1, -0.05) is 6.07 Å². The summed E-state index contributed by atoms with van der Waals surface area (Å²) in [6.45, 7) is 0.533. The van der Waals surface area contributed by atoms with E-state index in [1.165, 1.54) is 12.5 Å². The Kier molecular flexibility index (Phi) is 6.46. The van der Waals surface area contributed by atoms with Crippen LogP contribution in [0.3, 0.4) is 0 Å². The molecule has 3 unspecified atom stereocenters. The summed E-state index contributed by atoms with van der Waals surface area (Å²) in [5, 5.41) is 6.62. The van der Waals surface area contributed by atoms with Crippen LogP contribution in [0, 0.1) is 5.82 Å². The quantitative estimate of drug-likeness (QED) is 0.394. The van der Waals surface area contributed by atoms with Crippen molar-refractivity contribution < 1.29 is 9.13 Å². The molecule has 2 bridgehead atoms. The molecule has 0 aromatic heterocycles. The van der Waals surface area contributed by atoms with Gasteiger partial charge >= 0.3 is 0 Å². The van der Waals surface area contributed by atoms with Gasteiger partial charge in [-0.15, -0.1) is 24.0 Å². The van der Waals surface area contributed by atoms with Crippen molar-refractivity contribution in [1.82, 2.24) is 10.6 Å². The van der Waals surface area contributed by atoms with Crippen LogP contribution in [-0.2, 0) is 11.3 Å². The summed E-state index contributed by atoms with van der Waals surface area (Å²) in [6.07, 6.45) is 4.05. The van der Waals surface area contributed by atoms with E-state index < -0.39 is 0 Å². The molecule has 3 atom stereocenters. The van der Waals surface area contributed by atoms with Crippen molar-refractivity contribution in [2.45, 2.75) is 44.1 Å². The zero-order valence-electron chi connectivity index (χ0n) is 12.3. The SMILES string of the molecule is CN=C(NCc1ccc(Br)c(F)c1)NC1CC2CCC1O2.I. The molecule has 0 saturated carbocycles. The maximum Gasteiger partial charge on any atom is 0.191 e. The highest BCUT2D eigenvalue weighted by atomic mass is 127. The molecule has 22 heavy (non-hydrogen) atoms. The van der Waals surface area contributed by atoms with Crippen molar-refractivity contribution >= 4 is 45.9 Å². The molecule has 2 heterocycles. The first-order valence-corrected chi connectivity index (χ1v) is 8.01. The van der Waals surface area contributed by atoms with E-state index in [9.17, 15) is 4.39 Å². The summed E-state index contributed by atoms with van der Waals surface area (Å²) < 4.78 is 19.8. The Labute approximate surface area is 155 Å². The van der Waals surface area contributed by atoms with Gasteiger partial charge in [0.25, 0.3) is 0 Å². The second-order valence-electron chi connectivity index (χ2n) is 5.53. The molecule has 1 aromatic carbocycles. The first kappa shape index (κ1) is 17.9. The lowest BCUT2D eigenvalue weighted by Crippen LogP contribution is -2.47. The second-order valence-corrected chi connectivity index (χ2v) is 6.39. The van der Waals surface area contributed by atoms with Crippen LogP contribution in [0.4, 0.5) is 4.39 Å². The predicted octanol–water partition coefficient (Wildman–Crippen LogP) is 3.19. The molecule has 122 valence electrons. The van der Waals surface area contributed by atoms with Crippen LogP contribution in [0.2, 0.25) is 0 Å². The van der Waals surface area contributed by atoms with Crippen molar-refractivity contribution in [3.8, 4) is 0 Å². The van der Waals surface area contributed by atoms with Crippen molar-refractivity contribution in [3.63, 3.8) is 0 Å². The minimum Gasteiger partial charge on any atom is -0.373 e. The third-order valence-electron chi connectivity index (χ3n) is 4.10. The van der Waals surface area contributed by atoms with E-state index in [1.54, 1.807) is 13.1 Å². The van der Waals surface area contributed by atoms with Gasteiger partial charge in [0.1, 0.15) is 5.82 Å². The number of rotatable bonds is 3. The number of nitrogens with one attached hydrogen (secondary N) is 2. The topological polar surface area (TPSA) is 45.7 Å². The van der Waals surface area contributed by atoms with Gasteiger partial charge in [0.15, 0.2) is 5.96 Å². The van der Waals surface area contributed by atoms with Crippen LogP contribution >= 0.6 is 39.9 Å². The number of nitrogens with zero attached hydrogens (tertiary/aromatic N) is 1. The van der Waals surface area contributed by atoms with E-state index in [4.69, 9.17) is 4.74 Å². The van der Waals surface area contributed by atoms with E-state index in [1.807, 2.05) is 6.07 Å². The maximum atomic E-state index is 13.5. The number of ether oxygens (including phenoxy) is 1. The Hall–Kier alpha value is -0.410. The molecule has 2 aliphatic rings. The molecule has 0 radical (unpaired) electrons. The maximum absolute atomic E-state index is 13.5. The number of benzene rings is 1. The van der Waals surface area contributed by atoms with Crippen LogP contribution in [-0.4, -0.2) is 31.3 Å². The van der Waals surface area contributed by atoms with Gasteiger partial charge in [-0.25, -0.2) is 4.39 Å². The van der Waals surface area contributed by atoms with Gasteiger partial charge in [0.2, 0.25) is 0 Å². The van der Waals surface area contributed by atoms with E-state index in [0.717, 1.165) is 24.4 Å². The summed E-state index contributed by atoms with van der Waals surface area (Å²) in [5.74, 6) is 0.484. The summed E-state index contributed by atoms with van der Waals surface area (Å²) in [6, 6.07) is 5.45. The monoisotopic (exact) mass is 483 g/mol. The minimum absolute atomic E-state index is 0. The first-order chi connectivity index (χ1) is 10.2. The Balaban J connectivity index is 0.00000176. The van der Waals surface area contributed by atoms with Crippen LogP contribution in [0.5, 0.6) is 0 Å². The largest absolute Gasteiger partial charge is 0.373 e. The zero-order chi connectivity index (χ0) is 14.8. The molecule has 0 amide bonds. The normalized spacial score (nSPS) is 26.7. The molecule has 0 spiro atoms.